The summed E-state index contributed by atoms with van der Waals surface area (Å²) in [6.07, 6.45) is 36.3. The summed E-state index contributed by atoms with van der Waals surface area (Å²) >= 11 is 0. The quantitative estimate of drug-likeness (QED) is 0.0168. The van der Waals surface area contributed by atoms with E-state index in [9.17, 15) is 19.0 Å². The Bertz CT molecular complexity index is 1110. The summed E-state index contributed by atoms with van der Waals surface area (Å²) in [5.41, 5.74) is 0. The minimum atomic E-state index is -4.39. The molecule has 1 aliphatic heterocycles. The number of likely N-dealkylation sites (N-methyl/N-ethyl adjacent to an activating group) is 1. The van der Waals surface area contributed by atoms with Gasteiger partial charge in [-0.25, -0.2) is 4.57 Å². The molecule has 3 unspecified atom stereocenters. The van der Waals surface area contributed by atoms with Crippen LogP contribution in [0, 0.1) is 0 Å². The Hall–Kier alpha value is -2.07. The van der Waals surface area contributed by atoms with Crippen LogP contribution in [0.2, 0.25) is 0 Å². The van der Waals surface area contributed by atoms with Crippen molar-refractivity contribution in [2.24, 2.45) is 0 Å². The van der Waals surface area contributed by atoms with E-state index in [-0.39, 0.29) is 26.1 Å². The molecule has 11 heteroatoms. The van der Waals surface area contributed by atoms with E-state index >= 15 is 0 Å². The van der Waals surface area contributed by atoms with Crippen molar-refractivity contribution in [1.82, 2.24) is 0 Å². The summed E-state index contributed by atoms with van der Waals surface area (Å²) in [6, 6.07) is 0. The van der Waals surface area contributed by atoms with E-state index in [0.29, 0.717) is 42.5 Å². The maximum absolute atomic E-state index is 12.6. The minimum Gasteiger partial charge on any atom is -0.462 e. The number of quaternary nitrogens is 1. The molecule has 1 heterocycles. The molecule has 1 fully saturated rings. The number of ether oxygens (including phenoxy) is 3. The molecule has 0 aromatic rings. The highest BCUT2D eigenvalue weighted by Gasteiger charge is 2.36. The van der Waals surface area contributed by atoms with Crippen LogP contribution in [0.5, 0.6) is 0 Å². The summed E-state index contributed by atoms with van der Waals surface area (Å²) in [6.45, 7) is 4.25. The van der Waals surface area contributed by atoms with E-state index < -0.39 is 32.5 Å². The molecule has 1 saturated heterocycles. The molecule has 0 amide bonds. The highest BCUT2D eigenvalue weighted by molar-refractivity contribution is 7.47. The van der Waals surface area contributed by atoms with Crippen molar-refractivity contribution in [2.45, 2.75) is 161 Å². The monoisotopic (exact) mass is 769 g/mol. The van der Waals surface area contributed by atoms with Crippen molar-refractivity contribution in [3.63, 3.8) is 0 Å². The van der Waals surface area contributed by atoms with E-state index in [1.54, 1.807) is 0 Å². The lowest BCUT2D eigenvalue weighted by Gasteiger charge is -2.24. The average Bonchev–Trinajstić information content (AvgIpc) is 3.86. The molecule has 0 bridgehead atoms. The number of epoxide rings is 1. The van der Waals surface area contributed by atoms with Crippen LogP contribution in [0.1, 0.15) is 142 Å². The normalized spacial score (nSPS) is 18.0. The van der Waals surface area contributed by atoms with Gasteiger partial charge in [0, 0.05) is 12.8 Å². The zero-order chi connectivity index (χ0) is 39.0. The lowest BCUT2D eigenvalue weighted by Crippen LogP contribution is -2.37. The summed E-state index contributed by atoms with van der Waals surface area (Å²) in [5.74, 6) is -0.886. The molecule has 0 radical (unpaired) electrons. The van der Waals surface area contributed by atoms with Crippen molar-refractivity contribution < 1.29 is 46.8 Å². The molecular formula is C42H75NO9P+. The molecule has 4 atom stereocenters. The molecule has 10 nitrogen and oxygen atoms in total. The third-order valence-electron chi connectivity index (χ3n) is 8.76. The van der Waals surface area contributed by atoms with Gasteiger partial charge < -0.3 is 23.6 Å². The topological polar surface area (TPSA) is 121 Å². The second-order valence-corrected chi connectivity index (χ2v) is 16.5. The Labute approximate surface area is 322 Å². The largest absolute Gasteiger partial charge is 0.472 e. The molecule has 0 aromatic heterocycles. The predicted octanol–water partition coefficient (Wildman–Crippen LogP) is 10.1. The summed E-state index contributed by atoms with van der Waals surface area (Å²) in [5, 5.41) is 0. The van der Waals surface area contributed by atoms with Gasteiger partial charge in [0.1, 0.15) is 19.8 Å². The number of unbranched alkanes of at least 4 members (excludes halogenated alkanes) is 10. The maximum Gasteiger partial charge on any atom is 0.472 e. The van der Waals surface area contributed by atoms with Crippen molar-refractivity contribution >= 4 is 19.8 Å². The van der Waals surface area contributed by atoms with E-state index in [4.69, 9.17) is 23.3 Å². The number of esters is 2. The van der Waals surface area contributed by atoms with E-state index in [0.717, 1.165) is 57.8 Å². The van der Waals surface area contributed by atoms with E-state index in [1.165, 1.54) is 38.5 Å². The summed E-state index contributed by atoms with van der Waals surface area (Å²) in [4.78, 5) is 35.2. The van der Waals surface area contributed by atoms with E-state index in [1.807, 2.05) is 27.2 Å². The number of nitrogens with zero attached hydrogens (tertiary/aromatic N) is 1. The zero-order valence-electron chi connectivity index (χ0n) is 33.9. The number of carbonyl (C=O) groups is 2. The molecule has 0 saturated carbocycles. The first-order valence-electron chi connectivity index (χ1n) is 20.5. The number of phosphoric ester groups is 1. The van der Waals surface area contributed by atoms with Gasteiger partial charge in [-0.15, -0.1) is 0 Å². The van der Waals surface area contributed by atoms with Crippen molar-refractivity contribution in [2.75, 3.05) is 47.5 Å². The summed E-state index contributed by atoms with van der Waals surface area (Å²) < 4.78 is 39.8. The second kappa shape index (κ2) is 31.2. The first-order valence-corrected chi connectivity index (χ1v) is 22.0. The van der Waals surface area contributed by atoms with E-state index in [2.05, 4.69) is 56.4 Å². The Kier molecular flexibility index (Phi) is 28.8. The zero-order valence-corrected chi connectivity index (χ0v) is 34.8. The number of carbonyl (C=O) groups excluding carboxylic acids is 2. The van der Waals surface area contributed by atoms with Crippen molar-refractivity contribution in [3.8, 4) is 0 Å². The highest BCUT2D eigenvalue weighted by atomic mass is 31.2. The fourth-order valence-corrected chi connectivity index (χ4v) is 6.12. The van der Waals surface area contributed by atoms with Gasteiger partial charge in [0.25, 0.3) is 0 Å². The first-order chi connectivity index (χ1) is 25.5. The van der Waals surface area contributed by atoms with Gasteiger partial charge in [0.2, 0.25) is 0 Å². The van der Waals surface area contributed by atoms with Crippen LogP contribution in [0.3, 0.4) is 0 Å². The minimum absolute atomic E-state index is 0.0165. The fourth-order valence-electron chi connectivity index (χ4n) is 5.37. The van der Waals surface area contributed by atoms with Gasteiger partial charge in [-0.1, -0.05) is 114 Å². The van der Waals surface area contributed by atoms with Crippen LogP contribution < -0.4 is 0 Å². The smallest absolute Gasteiger partial charge is 0.462 e. The lowest BCUT2D eigenvalue weighted by atomic mass is 10.1. The third kappa shape index (κ3) is 31.9. The molecular weight excluding hydrogens is 693 g/mol. The number of hydrogen-bond acceptors (Lipinski definition) is 8. The number of allylic oxidation sites excluding steroid dienone is 7. The van der Waals surface area contributed by atoms with Gasteiger partial charge in [-0.3, -0.25) is 18.6 Å². The van der Waals surface area contributed by atoms with Crippen LogP contribution in [0.25, 0.3) is 0 Å². The first kappa shape index (κ1) is 48.9. The number of phosphoric acid groups is 1. The predicted molar refractivity (Wildman–Crippen MR) is 214 cm³/mol. The van der Waals surface area contributed by atoms with Crippen LogP contribution in [0.4, 0.5) is 0 Å². The Morgan fingerprint density at radius 3 is 2.02 bits per heavy atom. The lowest BCUT2D eigenvalue weighted by molar-refractivity contribution is -0.870. The SMILES string of the molecule is CCCC/C=C\CCCCCCCC(=O)OC[C@H](COP(=O)(O)OCC[N+](C)(C)C)OC(=O)CCC/C=C\C/C=C\C/C=C\CC1OC1CCCCC. The van der Waals surface area contributed by atoms with Gasteiger partial charge in [0.15, 0.2) is 6.10 Å². The number of hydrogen-bond donors (Lipinski definition) is 1. The Morgan fingerprint density at radius 2 is 1.30 bits per heavy atom. The molecule has 0 aliphatic carbocycles. The molecule has 1 N–H and O–H groups in total. The average molecular weight is 769 g/mol. The second-order valence-electron chi connectivity index (χ2n) is 15.0. The van der Waals surface area contributed by atoms with Crippen molar-refractivity contribution in [1.29, 1.82) is 0 Å². The molecule has 0 spiro atoms. The van der Waals surface area contributed by atoms with Gasteiger partial charge >= 0.3 is 19.8 Å². The number of rotatable bonds is 35. The van der Waals surface area contributed by atoms with Crippen LogP contribution in [0.15, 0.2) is 48.6 Å². The van der Waals surface area contributed by atoms with Crippen LogP contribution in [-0.2, 0) is 37.4 Å². The molecule has 0 aromatic carbocycles. The molecule has 1 aliphatic rings. The highest BCUT2D eigenvalue weighted by Crippen LogP contribution is 2.43. The van der Waals surface area contributed by atoms with Gasteiger partial charge in [-0.05, 0) is 64.2 Å². The van der Waals surface area contributed by atoms with Crippen LogP contribution >= 0.6 is 7.82 Å². The van der Waals surface area contributed by atoms with Gasteiger partial charge in [0.05, 0.1) is 40.0 Å². The maximum atomic E-state index is 12.6. The van der Waals surface area contributed by atoms with Crippen LogP contribution in [-0.4, -0.2) is 87.1 Å². The molecule has 306 valence electrons. The van der Waals surface area contributed by atoms with Gasteiger partial charge in [-0.2, -0.15) is 0 Å². The fraction of sp³-hybridized carbons (Fsp3) is 0.762. The third-order valence-corrected chi connectivity index (χ3v) is 9.74. The Morgan fingerprint density at radius 1 is 0.698 bits per heavy atom. The Balaban J connectivity index is 2.35. The molecule has 1 rings (SSSR count). The standard InChI is InChI=1S/C42H74NO9P/c1-6-8-10-11-12-13-14-18-21-24-28-32-41(44)48-36-38(37-50-53(46,47)49-35-34-43(3,4)5)51-42(45)33-29-25-22-19-16-15-17-20-23-27-31-40-39(52-40)30-26-9-7-2/h11-12,15,17,19,22-23,27,38-40H,6-10,13-14,16,18,20-21,24-26,28-37H2,1-5H3/p+1/b12-11-,17-15-,22-19-,27-23-/t38-,39?,40?/m1/s1. The van der Waals surface area contributed by atoms with Crippen molar-refractivity contribution in [3.05, 3.63) is 48.6 Å². The molecule has 53 heavy (non-hydrogen) atoms. The summed E-state index contributed by atoms with van der Waals surface area (Å²) in [7, 11) is 1.42.